The lowest BCUT2D eigenvalue weighted by Gasteiger charge is -2.18. The van der Waals surface area contributed by atoms with E-state index in [1.807, 2.05) is 42.6 Å². The maximum Gasteiger partial charge on any atom is 0.241 e. The molecular formula is C17H22N2OS. The second-order valence-electron chi connectivity index (χ2n) is 5.17. The number of hydrogen-bond acceptors (Lipinski definition) is 3. The van der Waals surface area contributed by atoms with Crippen LogP contribution in [-0.4, -0.2) is 11.9 Å². The van der Waals surface area contributed by atoms with Crippen molar-refractivity contribution in [2.75, 3.05) is 5.32 Å². The number of hydrogen-bond donors (Lipinski definition) is 2. The molecule has 0 bridgehead atoms. The van der Waals surface area contributed by atoms with E-state index in [1.54, 1.807) is 11.3 Å². The van der Waals surface area contributed by atoms with E-state index in [1.165, 1.54) is 10.4 Å². The number of anilines is 1. The van der Waals surface area contributed by atoms with Gasteiger partial charge in [0.2, 0.25) is 5.91 Å². The summed E-state index contributed by atoms with van der Waals surface area (Å²) >= 11 is 1.70. The summed E-state index contributed by atoms with van der Waals surface area (Å²) in [5.74, 6) is -0.0114. The van der Waals surface area contributed by atoms with Crippen LogP contribution in [0.3, 0.4) is 0 Å². The van der Waals surface area contributed by atoms with Gasteiger partial charge < -0.3 is 5.32 Å². The predicted molar refractivity (Wildman–Crippen MR) is 89.8 cm³/mol. The average Bonchev–Trinajstić information content (AvgIpc) is 3.02. The lowest BCUT2D eigenvalue weighted by molar-refractivity contribution is -0.117. The Balaban J connectivity index is 1.89. The molecule has 0 aliphatic carbocycles. The van der Waals surface area contributed by atoms with E-state index in [9.17, 15) is 4.79 Å². The van der Waals surface area contributed by atoms with Crippen LogP contribution in [0, 0.1) is 0 Å². The minimum Gasteiger partial charge on any atom is -0.325 e. The Hall–Kier alpha value is -1.65. The molecule has 0 saturated heterocycles. The molecule has 112 valence electrons. The molecule has 1 amide bonds. The van der Waals surface area contributed by atoms with Crippen LogP contribution in [0.1, 0.15) is 37.3 Å². The molecule has 1 aromatic carbocycles. The fourth-order valence-corrected chi connectivity index (χ4v) is 2.89. The van der Waals surface area contributed by atoms with Gasteiger partial charge in [0.1, 0.15) is 0 Å². The number of thiophene rings is 1. The van der Waals surface area contributed by atoms with Gasteiger partial charge in [0.05, 0.1) is 6.04 Å². The molecule has 0 saturated carbocycles. The summed E-state index contributed by atoms with van der Waals surface area (Å²) in [6, 6.07) is 12.0. The van der Waals surface area contributed by atoms with Crippen molar-refractivity contribution in [3.05, 3.63) is 52.2 Å². The lowest BCUT2D eigenvalue weighted by Crippen LogP contribution is -2.39. The van der Waals surface area contributed by atoms with Crippen LogP contribution in [0.2, 0.25) is 0 Å². The molecule has 4 heteroatoms. The van der Waals surface area contributed by atoms with Gasteiger partial charge in [0.15, 0.2) is 0 Å². The van der Waals surface area contributed by atoms with Crippen LogP contribution >= 0.6 is 11.3 Å². The fraction of sp³-hybridized carbons (Fsp3) is 0.353. The lowest BCUT2D eigenvalue weighted by atomic mass is 10.1. The van der Waals surface area contributed by atoms with Crippen LogP contribution in [0.5, 0.6) is 0 Å². The van der Waals surface area contributed by atoms with Gasteiger partial charge in [-0.15, -0.1) is 11.3 Å². The number of carbonyl (C=O) groups is 1. The molecule has 1 aromatic heterocycles. The second-order valence-corrected chi connectivity index (χ2v) is 6.14. The summed E-state index contributed by atoms with van der Waals surface area (Å²) in [4.78, 5) is 13.4. The summed E-state index contributed by atoms with van der Waals surface area (Å²) in [7, 11) is 0. The third-order valence-corrected chi connectivity index (χ3v) is 4.55. The summed E-state index contributed by atoms with van der Waals surface area (Å²) in [5, 5.41) is 8.32. The van der Waals surface area contributed by atoms with Gasteiger partial charge in [-0.05, 0) is 49.4 Å². The van der Waals surface area contributed by atoms with Crippen LogP contribution in [0.25, 0.3) is 0 Å². The topological polar surface area (TPSA) is 41.1 Å². The van der Waals surface area contributed by atoms with Gasteiger partial charge in [-0.1, -0.05) is 25.1 Å². The molecule has 0 unspecified atom stereocenters. The van der Waals surface area contributed by atoms with Gasteiger partial charge in [0.25, 0.3) is 0 Å². The molecule has 0 radical (unpaired) electrons. The zero-order valence-electron chi connectivity index (χ0n) is 12.7. The van der Waals surface area contributed by atoms with Gasteiger partial charge in [-0.25, -0.2) is 0 Å². The zero-order valence-corrected chi connectivity index (χ0v) is 13.5. The van der Waals surface area contributed by atoms with E-state index in [0.717, 1.165) is 12.1 Å². The first-order valence-electron chi connectivity index (χ1n) is 7.29. The Labute approximate surface area is 130 Å². The maximum atomic E-state index is 12.2. The van der Waals surface area contributed by atoms with Crippen LogP contribution in [0.4, 0.5) is 5.69 Å². The second kappa shape index (κ2) is 7.38. The Morgan fingerprint density at radius 1 is 1.19 bits per heavy atom. The molecule has 3 nitrogen and oxygen atoms in total. The van der Waals surface area contributed by atoms with Crippen molar-refractivity contribution < 1.29 is 4.79 Å². The maximum absolute atomic E-state index is 12.2. The van der Waals surface area contributed by atoms with Gasteiger partial charge in [-0.3, -0.25) is 10.1 Å². The molecule has 2 atom stereocenters. The minimum absolute atomic E-state index is 0.0114. The van der Waals surface area contributed by atoms with Crippen molar-refractivity contribution in [1.82, 2.24) is 5.32 Å². The van der Waals surface area contributed by atoms with Crippen LogP contribution in [0.15, 0.2) is 41.8 Å². The molecule has 2 N–H and O–H groups in total. The van der Waals surface area contributed by atoms with Crippen molar-refractivity contribution >= 4 is 22.9 Å². The van der Waals surface area contributed by atoms with E-state index >= 15 is 0 Å². The average molecular weight is 302 g/mol. The first-order chi connectivity index (χ1) is 10.1. The zero-order chi connectivity index (χ0) is 15.2. The van der Waals surface area contributed by atoms with Crippen molar-refractivity contribution in [2.45, 2.75) is 39.3 Å². The summed E-state index contributed by atoms with van der Waals surface area (Å²) in [6.45, 7) is 6.08. The van der Waals surface area contributed by atoms with Gasteiger partial charge >= 0.3 is 0 Å². The van der Waals surface area contributed by atoms with Crippen LogP contribution < -0.4 is 10.6 Å². The Morgan fingerprint density at radius 3 is 2.48 bits per heavy atom. The van der Waals surface area contributed by atoms with Crippen molar-refractivity contribution in [2.24, 2.45) is 0 Å². The quantitative estimate of drug-likeness (QED) is 0.847. The number of carbonyl (C=O) groups excluding carboxylic acids is 1. The van der Waals surface area contributed by atoms with Gasteiger partial charge in [0, 0.05) is 16.6 Å². The number of aryl methyl sites for hydroxylation is 1. The number of rotatable bonds is 6. The highest BCUT2D eigenvalue weighted by Gasteiger charge is 2.16. The predicted octanol–water partition coefficient (Wildman–Crippen LogP) is 3.99. The van der Waals surface area contributed by atoms with Gasteiger partial charge in [-0.2, -0.15) is 0 Å². The monoisotopic (exact) mass is 302 g/mol. The van der Waals surface area contributed by atoms with E-state index in [-0.39, 0.29) is 18.0 Å². The van der Waals surface area contributed by atoms with E-state index in [4.69, 9.17) is 0 Å². The molecular weight excluding hydrogens is 280 g/mol. The molecule has 0 aliphatic rings. The van der Waals surface area contributed by atoms with E-state index in [0.29, 0.717) is 0 Å². The molecule has 2 aromatic rings. The SMILES string of the molecule is CCc1ccc(NC(=O)[C@@H](C)N[C@H](C)c2cccs2)cc1. The van der Waals surface area contributed by atoms with Crippen LogP contribution in [-0.2, 0) is 11.2 Å². The molecule has 21 heavy (non-hydrogen) atoms. The number of benzene rings is 1. The third kappa shape index (κ3) is 4.41. The summed E-state index contributed by atoms with van der Waals surface area (Å²) < 4.78 is 0. The first-order valence-corrected chi connectivity index (χ1v) is 8.17. The van der Waals surface area contributed by atoms with E-state index < -0.39 is 0 Å². The normalized spacial score (nSPS) is 13.7. The third-order valence-electron chi connectivity index (χ3n) is 3.49. The highest BCUT2D eigenvalue weighted by atomic mass is 32.1. The largest absolute Gasteiger partial charge is 0.325 e. The first kappa shape index (κ1) is 15.7. The standard InChI is InChI=1S/C17H22N2OS/c1-4-14-7-9-15(10-8-14)19-17(20)13(3)18-12(2)16-6-5-11-21-16/h5-13,18H,4H2,1-3H3,(H,19,20)/t12-,13-/m1/s1. The Morgan fingerprint density at radius 2 is 1.90 bits per heavy atom. The highest BCUT2D eigenvalue weighted by molar-refractivity contribution is 7.10. The fourth-order valence-electron chi connectivity index (χ4n) is 2.14. The molecule has 2 rings (SSSR count). The number of amides is 1. The molecule has 0 aliphatic heterocycles. The molecule has 0 fully saturated rings. The summed E-state index contributed by atoms with van der Waals surface area (Å²) in [5.41, 5.74) is 2.11. The van der Waals surface area contributed by atoms with E-state index in [2.05, 4.69) is 30.5 Å². The highest BCUT2D eigenvalue weighted by Crippen LogP contribution is 2.19. The smallest absolute Gasteiger partial charge is 0.241 e. The minimum atomic E-state index is -0.243. The van der Waals surface area contributed by atoms with Crippen molar-refractivity contribution in [1.29, 1.82) is 0 Å². The molecule has 0 spiro atoms. The molecule has 1 heterocycles. The Kier molecular flexibility index (Phi) is 5.53. The number of nitrogens with one attached hydrogen (secondary N) is 2. The Bertz CT molecular complexity index is 563. The van der Waals surface area contributed by atoms with Crippen molar-refractivity contribution in [3.63, 3.8) is 0 Å². The van der Waals surface area contributed by atoms with Crippen molar-refractivity contribution in [3.8, 4) is 0 Å². The summed E-state index contributed by atoms with van der Waals surface area (Å²) in [6.07, 6.45) is 1.00.